The van der Waals surface area contributed by atoms with Crippen molar-refractivity contribution in [2.45, 2.75) is 19.4 Å². The average molecular weight is 252 g/mol. The summed E-state index contributed by atoms with van der Waals surface area (Å²) in [6.45, 7) is 3.21. The van der Waals surface area contributed by atoms with Gasteiger partial charge >= 0.3 is 0 Å². The Morgan fingerprint density at radius 3 is 3.19 bits per heavy atom. The first-order valence-corrected chi connectivity index (χ1v) is 6.83. The van der Waals surface area contributed by atoms with E-state index in [0.29, 0.717) is 12.0 Å². The molecule has 0 aromatic carbocycles. The molecule has 6 heteroatoms. The van der Waals surface area contributed by atoms with E-state index in [1.165, 1.54) is 22.0 Å². The highest BCUT2D eigenvalue weighted by Crippen LogP contribution is 2.36. The van der Waals surface area contributed by atoms with Crippen molar-refractivity contribution < 1.29 is 0 Å². The first-order chi connectivity index (χ1) is 7.75. The van der Waals surface area contributed by atoms with Crippen LogP contribution in [0.2, 0.25) is 0 Å². The van der Waals surface area contributed by atoms with E-state index in [2.05, 4.69) is 32.6 Å². The zero-order chi connectivity index (χ0) is 11.1. The average Bonchev–Trinajstić information content (AvgIpc) is 2.87. The van der Waals surface area contributed by atoms with Gasteiger partial charge in [-0.2, -0.15) is 9.36 Å². The lowest BCUT2D eigenvalue weighted by atomic mass is 10.0. The third-order valence-electron chi connectivity index (χ3n) is 2.95. The molecule has 0 amide bonds. The lowest BCUT2D eigenvalue weighted by molar-refractivity contribution is 0.631. The second-order valence-corrected chi connectivity index (χ2v) is 5.58. The van der Waals surface area contributed by atoms with Gasteiger partial charge in [0.2, 0.25) is 11.1 Å². The van der Waals surface area contributed by atoms with Crippen LogP contribution >= 0.6 is 22.9 Å². The van der Waals surface area contributed by atoms with Crippen LogP contribution in [-0.4, -0.2) is 15.9 Å². The van der Waals surface area contributed by atoms with Crippen LogP contribution in [0.25, 0.3) is 0 Å². The minimum atomic E-state index is 0.377. The Labute approximate surface area is 102 Å². The van der Waals surface area contributed by atoms with Gasteiger partial charge in [0.05, 0.1) is 6.04 Å². The number of fused-ring (bicyclic) bond motifs is 1. The molecule has 2 aromatic rings. The molecule has 0 bridgehead atoms. The Morgan fingerprint density at radius 1 is 1.56 bits per heavy atom. The molecule has 3 rings (SSSR count). The van der Waals surface area contributed by atoms with Crippen LogP contribution in [0.5, 0.6) is 0 Å². The SMILES string of the molecule is CC1c2ccsc2CCN1c1nc(N)ns1. The highest BCUT2D eigenvalue weighted by Gasteiger charge is 2.26. The van der Waals surface area contributed by atoms with Gasteiger partial charge in [-0.15, -0.1) is 11.3 Å². The summed E-state index contributed by atoms with van der Waals surface area (Å²) in [5.74, 6) is 0.378. The highest BCUT2D eigenvalue weighted by molar-refractivity contribution is 7.10. The molecule has 0 saturated carbocycles. The maximum absolute atomic E-state index is 5.57. The van der Waals surface area contributed by atoms with E-state index in [9.17, 15) is 0 Å². The van der Waals surface area contributed by atoms with Crippen LogP contribution < -0.4 is 10.6 Å². The van der Waals surface area contributed by atoms with Gasteiger partial charge in [0.15, 0.2) is 0 Å². The Kier molecular flexibility index (Phi) is 2.33. The molecule has 1 aliphatic rings. The standard InChI is InChI=1S/C10H12N4S2/c1-6-7-3-5-15-8(7)2-4-14(6)10-12-9(11)13-16-10/h3,5-6H,2,4H2,1H3,(H2,11,13). The van der Waals surface area contributed by atoms with Crippen LogP contribution in [0.1, 0.15) is 23.4 Å². The normalized spacial score (nSPS) is 19.8. The number of hydrogen-bond acceptors (Lipinski definition) is 6. The first-order valence-electron chi connectivity index (χ1n) is 5.18. The number of nitrogens with two attached hydrogens (primary N) is 1. The van der Waals surface area contributed by atoms with Crippen LogP contribution in [0.3, 0.4) is 0 Å². The van der Waals surface area contributed by atoms with Gasteiger partial charge in [0.1, 0.15) is 0 Å². The van der Waals surface area contributed by atoms with Gasteiger partial charge in [-0.1, -0.05) is 0 Å². The highest BCUT2D eigenvalue weighted by atomic mass is 32.1. The van der Waals surface area contributed by atoms with Crippen molar-refractivity contribution >= 4 is 33.9 Å². The van der Waals surface area contributed by atoms with E-state index in [-0.39, 0.29) is 0 Å². The molecule has 4 nitrogen and oxygen atoms in total. The van der Waals surface area contributed by atoms with E-state index in [4.69, 9.17) is 5.73 Å². The Morgan fingerprint density at radius 2 is 2.44 bits per heavy atom. The molecule has 0 saturated heterocycles. The minimum absolute atomic E-state index is 0.377. The number of rotatable bonds is 1. The fourth-order valence-corrected chi connectivity index (χ4v) is 3.78. The second kappa shape index (κ2) is 3.71. The van der Waals surface area contributed by atoms with Crippen LogP contribution in [0.15, 0.2) is 11.4 Å². The van der Waals surface area contributed by atoms with Crippen molar-refractivity contribution in [2.75, 3.05) is 17.2 Å². The van der Waals surface area contributed by atoms with Crippen molar-refractivity contribution in [2.24, 2.45) is 0 Å². The number of anilines is 2. The molecule has 1 unspecified atom stereocenters. The van der Waals surface area contributed by atoms with Gasteiger partial charge in [0.25, 0.3) is 0 Å². The molecule has 0 radical (unpaired) electrons. The summed E-state index contributed by atoms with van der Waals surface area (Å²) in [4.78, 5) is 8.04. The fourth-order valence-electron chi connectivity index (χ4n) is 2.11. The molecule has 0 spiro atoms. The molecule has 16 heavy (non-hydrogen) atoms. The number of aromatic nitrogens is 2. The van der Waals surface area contributed by atoms with Gasteiger partial charge in [-0.3, -0.25) is 0 Å². The summed E-state index contributed by atoms with van der Waals surface area (Å²) in [6, 6.07) is 2.59. The number of nitrogens with zero attached hydrogens (tertiary/aromatic N) is 3. The summed E-state index contributed by atoms with van der Waals surface area (Å²) < 4.78 is 4.04. The lowest BCUT2D eigenvalue weighted by Gasteiger charge is -2.32. The third-order valence-corrected chi connectivity index (χ3v) is 4.72. The number of thiophene rings is 1. The first kappa shape index (κ1) is 10.0. The number of nitrogen functional groups attached to an aromatic ring is 1. The van der Waals surface area contributed by atoms with E-state index in [1.807, 2.05) is 11.3 Å². The van der Waals surface area contributed by atoms with E-state index in [1.54, 1.807) is 0 Å². The van der Waals surface area contributed by atoms with Gasteiger partial charge in [-0.25, -0.2) is 0 Å². The second-order valence-electron chi connectivity index (χ2n) is 3.85. The molecule has 2 aromatic heterocycles. The van der Waals surface area contributed by atoms with Crippen molar-refractivity contribution in [1.82, 2.24) is 9.36 Å². The fraction of sp³-hybridized carbons (Fsp3) is 0.400. The minimum Gasteiger partial charge on any atom is -0.367 e. The maximum Gasteiger partial charge on any atom is 0.233 e. The molecule has 0 fully saturated rings. The van der Waals surface area contributed by atoms with Crippen molar-refractivity contribution in [3.8, 4) is 0 Å². The quantitative estimate of drug-likeness (QED) is 0.846. The smallest absolute Gasteiger partial charge is 0.233 e. The van der Waals surface area contributed by atoms with Crippen molar-refractivity contribution in [3.63, 3.8) is 0 Å². The number of hydrogen-bond donors (Lipinski definition) is 1. The molecule has 2 N–H and O–H groups in total. The van der Waals surface area contributed by atoms with Crippen LogP contribution in [0.4, 0.5) is 11.1 Å². The monoisotopic (exact) mass is 252 g/mol. The predicted molar refractivity (Wildman–Crippen MR) is 68.1 cm³/mol. The summed E-state index contributed by atoms with van der Waals surface area (Å²) in [6.07, 6.45) is 1.09. The maximum atomic E-state index is 5.57. The molecule has 0 aliphatic carbocycles. The van der Waals surface area contributed by atoms with Crippen LogP contribution in [-0.2, 0) is 6.42 Å². The molecule has 1 aliphatic heterocycles. The summed E-state index contributed by atoms with van der Waals surface area (Å²) in [5, 5.41) is 3.10. The molecule has 1 atom stereocenters. The van der Waals surface area contributed by atoms with Gasteiger partial charge in [0, 0.05) is 23.0 Å². The van der Waals surface area contributed by atoms with Gasteiger partial charge < -0.3 is 10.6 Å². The summed E-state index contributed by atoms with van der Waals surface area (Å²) in [5.41, 5.74) is 6.99. The topological polar surface area (TPSA) is 55.0 Å². The Bertz CT molecular complexity index is 504. The van der Waals surface area contributed by atoms with Crippen molar-refractivity contribution in [3.05, 3.63) is 21.9 Å². The molecule has 84 valence electrons. The van der Waals surface area contributed by atoms with E-state index < -0.39 is 0 Å². The molecular formula is C10H12N4S2. The Hall–Kier alpha value is -1.14. The van der Waals surface area contributed by atoms with E-state index in [0.717, 1.165) is 18.1 Å². The third kappa shape index (κ3) is 1.49. The summed E-state index contributed by atoms with van der Waals surface area (Å²) in [7, 11) is 0. The van der Waals surface area contributed by atoms with E-state index >= 15 is 0 Å². The zero-order valence-corrected chi connectivity index (χ0v) is 10.5. The lowest BCUT2D eigenvalue weighted by Crippen LogP contribution is -2.32. The summed E-state index contributed by atoms with van der Waals surface area (Å²) >= 11 is 3.23. The van der Waals surface area contributed by atoms with Crippen LogP contribution in [0, 0.1) is 0 Å². The largest absolute Gasteiger partial charge is 0.367 e. The predicted octanol–water partition coefficient (Wildman–Crippen LogP) is 2.31. The molecule has 3 heterocycles. The molecular weight excluding hydrogens is 240 g/mol. The van der Waals surface area contributed by atoms with Gasteiger partial charge in [-0.05, 0) is 30.4 Å². The van der Waals surface area contributed by atoms with Crippen molar-refractivity contribution in [1.29, 1.82) is 0 Å². The Balaban J connectivity index is 1.95. The zero-order valence-electron chi connectivity index (χ0n) is 8.88.